The molecule has 0 aliphatic carbocycles. The number of rotatable bonds is 5. The Morgan fingerprint density at radius 3 is 2.81 bits per heavy atom. The lowest BCUT2D eigenvalue weighted by Gasteiger charge is -2.07. The van der Waals surface area contributed by atoms with E-state index >= 15 is 0 Å². The summed E-state index contributed by atoms with van der Waals surface area (Å²) in [6, 6.07) is 9.31. The zero-order valence-electron chi connectivity index (χ0n) is 11.7. The SMILES string of the molecule is Cc1ccc(OCC(=O)N/N=C\c2ccc(Cl)s2)cc1C. The van der Waals surface area contributed by atoms with E-state index in [1.165, 1.54) is 16.9 Å². The van der Waals surface area contributed by atoms with Crippen LogP contribution in [0.25, 0.3) is 0 Å². The average Bonchev–Trinajstić information content (AvgIpc) is 2.86. The Labute approximate surface area is 132 Å². The van der Waals surface area contributed by atoms with Crippen molar-refractivity contribution in [1.29, 1.82) is 0 Å². The lowest BCUT2D eigenvalue weighted by atomic mass is 10.1. The van der Waals surface area contributed by atoms with E-state index in [2.05, 4.69) is 10.5 Å². The van der Waals surface area contributed by atoms with E-state index < -0.39 is 0 Å². The zero-order valence-corrected chi connectivity index (χ0v) is 13.3. The fourth-order valence-corrected chi connectivity index (χ4v) is 2.48. The minimum absolute atomic E-state index is 0.0783. The Hall–Kier alpha value is -1.85. The molecule has 2 aromatic rings. The van der Waals surface area contributed by atoms with Gasteiger partial charge in [-0.25, -0.2) is 5.43 Å². The van der Waals surface area contributed by atoms with Gasteiger partial charge in [0.2, 0.25) is 0 Å². The van der Waals surface area contributed by atoms with E-state index in [4.69, 9.17) is 16.3 Å². The van der Waals surface area contributed by atoms with Gasteiger partial charge >= 0.3 is 0 Å². The summed E-state index contributed by atoms with van der Waals surface area (Å²) in [7, 11) is 0. The molecule has 0 fully saturated rings. The number of hydrazone groups is 1. The van der Waals surface area contributed by atoms with Crippen LogP contribution in [0.2, 0.25) is 4.34 Å². The van der Waals surface area contributed by atoms with Crippen molar-refractivity contribution in [3.8, 4) is 5.75 Å². The van der Waals surface area contributed by atoms with Crippen LogP contribution in [-0.4, -0.2) is 18.7 Å². The van der Waals surface area contributed by atoms with Gasteiger partial charge in [-0.2, -0.15) is 5.10 Å². The molecule has 0 bridgehead atoms. The highest BCUT2D eigenvalue weighted by molar-refractivity contribution is 7.17. The van der Waals surface area contributed by atoms with Gasteiger partial charge in [-0.15, -0.1) is 11.3 Å². The van der Waals surface area contributed by atoms with E-state index in [-0.39, 0.29) is 12.5 Å². The molecule has 0 radical (unpaired) electrons. The van der Waals surface area contributed by atoms with Crippen molar-refractivity contribution in [2.45, 2.75) is 13.8 Å². The third-order valence-corrected chi connectivity index (χ3v) is 3.99. The van der Waals surface area contributed by atoms with Gasteiger partial charge in [0, 0.05) is 4.88 Å². The molecular weight excluding hydrogens is 308 g/mol. The molecule has 1 amide bonds. The smallest absolute Gasteiger partial charge is 0.277 e. The molecular formula is C15H15ClN2O2S. The first-order valence-corrected chi connectivity index (χ1v) is 7.51. The summed E-state index contributed by atoms with van der Waals surface area (Å²) in [6.45, 7) is 3.95. The van der Waals surface area contributed by atoms with E-state index in [1.54, 1.807) is 12.3 Å². The van der Waals surface area contributed by atoms with Crippen molar-refractivity contribution in [2.75, 3.05) is 6.61 Å². The van der Waals surface area contributed by atoms with Gasteiger partial charge in [0.05, 0.1) is 10.6 Å². The number of hydrogen-bond donors (Lipinski definition) is 1. The molecule has 4 nitrogen and oxygen atoms in total. The minimum atomic E-state index is -0.313. The third-order valence-electron chi connectivity index (χ3n) is 2.82. The van der Waals surface area contributed by atoms with Crippen LogP contribution in [0.1, 0.15) is 16.0 Å². The fourth-order valence-electron chi connectivity index (χ4n) is 1.55. The number of halogens is 1. The number of nitrogens with one attached hydrogen (secondary N) is 1. The van der Waals surface area contributed by atoms with E-state index in [1.807, 2.05) is 38.1 Å². The molecule has 0 unspecified atom stereocenters. The summed E-state index contributed by atoms with van der Waals surface area (Å²) in [6.07, 6.45) is 1.55. The fraction of sp³-hybridized carbons (Fsp3) is 0.200. The molecule has 0 aliphatic heterocycles. The van der Waals surface area contributed by atoms with Crippen LogP contribution in [0, 0.1) is 13.8 Å². The summed E-state index contributed by atoms with van der Waals surface area (Å²) in [4.78, 5) is 12.5. The molecule has 0 aliphatic rings. The summed E-state index contributed by atoms with van der Waals surface area (Å²) < 4.78 is 6.09. The number of benzene rings is 1. The van der Waals surface area contributed by atoms with E-state index in [0.29, 0.717) is 10.1 Å². The van der Waals surface area contributed by atoms with E-state index in [0.717, 1.165) is 10.4 Å². The second kappa shape index (κ2) is 7.24. The average molecular weight is 323 g/mol. The van der Waals surface area contributed by atoms with Crippen LogP contribution in [0.15, 0.2) is 35.4 Å². The van der Waals surface area contributed by atoms with Gasteiger partial charge in [-0.05, 0) is 49.2 Å². The molecule has 21 heavy (non-hydrogen) atoms. The first kappa shape index (κ1) is 15.5. The number of ether oxygens (including phenoxy) is 1. The molecule has 1 N–H and O–H groups in total. The number of amides is 1. The summed E-state index contributed by atoms with van der Waals surface area (Å²) in [5, 5.41) is 3.85. The predicted molar refractivity (Wildman–Crippen MR) is 86.5 cm³/mol. The van der Waals surface area contributed by atoms with Crippen LogP contribution >= 0.6 is 22.9 Å². The Kier molecular flexibility index (Phi) is 5.36. The Morgan fingerprint density at radius 1 is 1.33 bits per heavy atom. The lowest BCUT2D eigenvalue weighted by Crippen LogP contribution is -2.24. The molecule has 1 aromatic heterocycles. The topological polar surface area (TPSA) is 50.7 Å². The second-order valence-electron chi connectivity index (χ2n) is 4.47. The largest absolute Gasteiger partial charge is 0.484 e. The Balaban J connectivity index is 1.79. The highest BCUT2D eigenvalue weighted by Crippen LogP contribution is 2.19. The molecule has 0 atom stereocenters. The minimum Gasteiger partial charge on any atom is -0.484 e. The number of thiophene rings is 1. The van der Waals surface area contributed by atoms with Crippen molar-refractivity contribution in [3.63, 3.8) is 0 Å². The number of carbonyl (C=O) groups excluding carboxylic acids is 1. The molecule has 110 valence electrons. The lowest BCUT2D eigenvalue weighted by molar-refractivity contribution is -0.123. The van der Waals surface area contributed by atoms with Crippen molar-refractivity contribution in [2.24, 2.45) is 5.10 Å². The van der Waals surface area contributed by atoms with Crippen LogP contribution in [0.5, 0.6) is 5.75 Å². The van der Waals surface area contributed by atoms with E-state index in [9.17, 15) is 4.79 Å². The highest BCUT2D eigenvalue weighted by atomic mass is 35.5. The predicted octanol–water partition coefficient (Wildman–Crippen LogP) is 3.55. The maximum atomic E-state index is 11.6. The quantitative estimate of drug-likeness (QED) is 0.676. The molecule has 1 aromatic carbocycles. The molecule has 0 spiro atoms. The molecule has 6 heteroatoms. The summed E-state index contributed by atoms with van der Waals surface area (Å²) >= 11 is 7.18. The monoisotopic (exact) mass is 322 g/mol. The van der Waals surface area contributed by atoms with Crippen LogP contribution < -0.4 is 10.2 Å². The number of aryl methyl sites for hydroxylation is 2. The normalized spacial score (nSPS) is 10.8. The highest BCUT2D eigenvalue weighted by Gasteiger charge is 2.02. The van der Waals surface area contributed by atoms with Gasteiger partial charge in [0.1, 0.15) is 5.75 Å². The van der Waals surface area contributed by atoms with Crippen molar-refractivity contribution in [3.05, 3.63) is 50.7 Å². The van der Waals surface area contributed by atoms with Crippen LogP contribution in [0.4, 0.5) is 0 Å². The van der Waals surface area contributed by atoms with Gasteiger partial charge < -0.3 is 4.74 Å². The van der Waals surface area contributed by atoms with Gasteiger partial charge in [0.15, 0.2) is 6.61 Å². The van der Waals surface area contributed by atoms with Gasteiger partial charge in [-0.3, -0.25) is 4.79 Å². The maximum Gasteiger partial charge on any atom is 0.277 e. The first-order valence-electron chi connectivity index (χ1n) is 6.32. The van der Waals surface area contributed by atoms with Crippen molar-refractivity contribution >= 4 is 35.1 Å². The Bertz CT molecular complexity index is 667. The second-order valence-corrected chi connectivity index (χ2v) is 6.22. The first-order chi connectivity index (χ1) is 10.0. The van der Waals surface area contributed by atoms with Gasteiger partial charge in [0.25, 0.3) is 5.91 Å². The number of nitrogens with zero attached hydrogens (tertiary/aromatic N) is 1. The molecule has 0 saturated heterocycles. The summed E-state index contributed by atoms with van der Waals surface area (Å²) in [5.74, 6) is 0.356. The third kappa shape index (κ3) is 4.88. The summed E-state index contributed by atoms with van der Waals surface area (Å²) in [5.41, 5.74) is 4.72. The van der Waals surface area contributed by atoms with Crippen LogP contribution in [-0.2, 0) is 4.79 Å². The molecule has 2 rings (SSSR count). The Morgan fingerprint density at radius 2 is 2.14 bits per heavy atom. The maximum absolute atomic E-state index is 11.6. The van der Waals surface area contributed by atoms with Crippen molar-refractivity contribution in [1.82, 2.24) is 5.43 Å². The molecule has 1 heterocycles. The van der Waals surface area contributed by atoms with Crippen molar-refractivity contribution < 1.29 is 9.53 Å². The van der Waals surface area contributed by atoms with Gasteiger partial charge in [-0.1, -0.05) is 17.7 Å². The zero-order chi connectivity index (χ0) is 15.2. The standard InChI is InChI=1S/C15H15ClN2O2S/c1-10-3-4-12(7-11(10)2)20-9-15(19)18-17-8-13-5-6-14(16)21-13/h3-8H,9H2,1-2H3,(H,18,19)/b17-8-. The van der Waals surface area contributed by atoms with Crippen LogP contribution in [0.3, 0.4) is 0 Å². The number of carbonyl (C=O) groups is 1. The molecule has 0 saturated carbocycles. The number of hydrogen-bond acceptors (Lipinski definition) is 4.